The molecule has 0 aromatic rings. The Balaban J connectivity index is 2.56. The number of carbonyl (C=O) groups excluding carboxylic acids is 2. The van der Waals surface area contributed by atoms with Crippen molar-refractivity contribution in [3.63, 3.8) is 0 Å². The first kappa shape index (κ1) is 9.31. The van der Waals surface area contributed by atoms with Crippen molar-refractivity contribution in [2.75, 3.05) is 0 Å². The number of dihydropyridines is 1. The molecule has 0 saturated carbocycles. The third kappa shape index (κ3) is 2.33. The van der Waals surface area contributed by atoms with Gasteiger partial charge in [0.15, 0.2) is 0 Å². The zero-order valence-electron chi connectivity index (χ0n) is 7.11. The van der Waals surface area contributed by atoms with Gasteiger partial charge in [-0.1, -0.05) is 0 Å². The van der Waals surface area contributed by atoms with Gasteiger partial charge in [0, 0.05) is 6.92 Å². The summed E-state index contributed by atoms with van der Waals surface area (Å²) in [5.74, 6) is -1.55. The molecule has 0 bridgehead atoms. The predicted octanol–water partition coefficient (Wildman–Crippen LogP) is -0.596. The number of rotatable bonds is 2. The zero-order chi connectivity index (χ0) is 9.84. The zero-order valence-corrected chi connectivity index (χ0v) is 7.11. The molecule has 0 aromatic heterocycles. The number of nitrogens with one attached hydrogen (secondary N) is 1. The van der Waals surface area contributed by atoms with Crippen molar-refractivity contribution in [3.8, 4) is 0 Å². The monoisotopic (exact) mass is 182 g/mol. The van der Waals surface area contributed by atoms with Crippen LogP contribution < -0.4 is 11.1 Å². The van der Waals surface area contributed by atoms with Crippen LogP contribution in [0.1, 0.15) is 6.92 Å². The highest BCUT2D eigenvalue weighted by Gasteiger charge is 2.19. The second kappa shape index (κ2) is 3.75. The summed E-state index contributed by atoms with van der Waals surface area (Å²) in [6.07, 6.45) is 4.11. The van der Waals surface area contributed by atoms with E-state index in [9.17, 15) is 9.59 Å². The molecule has 1 unspecified atom stereocenters. The maximum Gasteiger partial charge on any atom is 0.376 e. The van der Waals surface area contributed by atoms with Crippen LogP contribution in [0.5, 0.6) is 0 Å². The number of allylic oxidation sites excluding steroid dienone is 2. The number of hydrogen-bond acceptors (Lipinski definition) is 5. The van der Waals surface area contributed by atoms with Gasteiger partial charge in [-0.3, -0.25) is 4.79 Å². The van der Waals surface area contributed by atoms with Crippen molar-refractivity contribution in [2.24, 2.45) is 5.73 Å². The van der Waals surface area contributed by atoms with Crippen LogP contribution in [0.2, 0.25) is 0 Å². The van der Waals surface area contributed by atoms with Crippen molar-refractivity contribution >= 4 is 11.8 Å². The maximum absolute atomic E-state index is 10.8. The Kier molecular flexibility index (Phi) is 2.69. The highest BCUT2D eigenvalue weighted by molar-refractivity contribution is 6.32. The van der Waals surface area contributed by atoms with Crippen molar-refractivity contribution in [2.45, 2.75) is 13.2 Å². The molecule has 13 heavy (non-hydrogen) atoms. The van der Waals surface area contributed by atoms with Crippen LogP contribution in [0, 0.1) is 0 Å². The van der Waals surface area contributed by atoms with E-state index in [0.29, 0.717) is 5.70 Å². The summed E-state index contributed by atoms with van der Waals surface area (Å²) in [7, 11) is 0. The molecule has 0 saturated heterocycles. The predicted molar refractivity (Wildman–Crippen MR) is 45.1 cm³/mol. The number of ether oxygens (including phenoxy) is 1. The molecule has 0 radical (unpaired) electrons. The maximum atomic E-state index is 10.8. The number of nitrogens with two attached hydrogens (primary N) is 1. The Morgan fingerprint density at radius 1 is 1.62 bits per heavy atom. The molecule has 0 spiro atoms. The van der Waals surface area contributed by atoms with Crippen molar-refractivity contribution in [1.29, 1.82) is 0 Å². The Hall–Kier alpha value is -1.78. The van der Waals surface area contributed by atoms with Gasteiger partial charge >= 0.3 is 5.97 Å². The van der Waals surface area contributed by atoms with Crippen LogP contribution >= 0.6 is 0 Å². The van der Waals surface area contributed by atoms with E-state index in [2.05, 4.69) is 5.32 Å². The first-order valence-corrected chi connectivity index (χ1v) is 3.71. The molecule has 1 rings (SSSR count). The fraction of sp³-hybridized carbons (Fsp3) is 0.250. The molecule has 3 N–H and O–H groups in total. The van der Waals surface area contributed by atoms with Gasteiger partial charge in [0.2, 0.25) is 12.0 Å². The fourth-order valence-corrected chi connectivity index (χ4v) is 0.778. The van der Waals surface area contributed by atoms with Crippen LogP contribution in [-0.4, -0.2) is 18.0 Å². The minimum atomic E-state index is -0.899. The lowest BCUT2D eigenvalue weighted by Crippen LogP contribution is -2.38. The molecule has 70 valence electrons. The van der Waals surface area contributed by atoms with Gasteiger partial charge in [-0.15, -0.1) is 0 Å². The SMILES string of the molecule is CC(=O)C(=O)OC1NC=CC=C1N. The average molecular weight is 182 g/mol. The van der Waals surface area contributed by atoms with E-state index in [1.54, 1.807) is 18.4 Å². The van der Waals surface area contributed by atoms with E-state index in [0.717, 1.165) is 6.92 Å². The van der Waals surface area contributed by atoms with Gasteiger partial charge < -0.3 is 15.8 Å². The molecule has 0 amide bonds. The van der Waals surface area contributed by atoms with E-state index in [1.165, 1.54) is 0 Å². The summed E-state index contributed by atoms with van der Waals surface area (Å²) in [5, 5.41) is 2.69. The Bertz CT molecular complexity index is 294. The third-order valence-electron chi connectivity index (χ3n) is 1.45. The lowest BCUT2D eigenvalue weighted by atomic mass is 10.3. The number of carbonyl (C=O) groups is 2. The fourth-order valence-electron chi connectivity index (χ4n) is 0.778. The number of Topliss-reactive ketones (excluding diaryl/α,β-unsaturated/α-hetero) is 1. The molecule has 1 aliphatic heterocycles. The smallest absolute Gasteiger partial charge is 0.376 e. The Morgan fingerprint density at radius 2 is 2.31 bits per heavy atom. The molecule has 1 aliphatic rings. The van der Waals surface area contributed by atoms with Gasteiger partial charge in [-0.2, -0.15) is 0 Å². The normalized spacial score (nSPS) is 20.1. The van der Waals surface area contributed by atoms with E-state index >= 15 is 0 Å². The molecule has 5 heteroatoms. The van der Waals surface area contributed by atoms with E-state index in [1.807, 2.05) is 0 Å². The lowest BCUT2D eigenvalue weighted by Gasteiger charge is -2.19. The third-order valence-corrected chi connectivity index (χ3v) is 1.45. The quantitative estimate of drug-likeness (QED) is 0.440. The summed E-state index contributed by atoms with van der Waals surface area (Å²) in [4.78, 5) is 21.4. The number of hydrogen-bond donors (Lipinski definition) is 2. The van der Waals surface area contributed by atoms with Crippen molar-refractivity contribution in [1.82, 2.24) is 5.32 Å². The summed E-state index contributed by atoms with van der Waals surface area (Å²) < 4.78 is 4.72. The molecule has 1 atom stereocenters. The van der Waals surface area contributed by atoms with Gasteiger partial charge in [0.05, 0.1) is 5.70 Å². The summed E-state index contributed by atoms with van der Waals surface area (Å²) in [5.41, 5.74) is 5.84. The van der Waals surface area contributed by atoms with Crippen molar-refractivity contribution in [3.05, 3.63) is 24.0 Å². The molecule has 0 aliphatic carbocycles. The van der Waals surface area contributed by atoms with Crippen molar-refractivity contribution < 1.29 is 14.3 Å². The summed E-state index contributed by atoms with van der Waals surface area (Å²) in [6.45, 7) is 1.14. The first-order valence-electron chi connectivity index (χ1n) is 3.71. The lowest BCUT2D eigenvalue weighted by molar-refractivity contribution is -0.156. The van der Waals surface area contributed by atoms with Gasteiger partial charge in [0.25, 0.3) is 0 Å². The molecule has 0 fully saturated rings. The van der Waals surface area contributed by atoms with Crippen LogP contribution in [0.4, 0.5) is 0 Å². The second-order valence-corrected chi connectivity index (χ2v) is 2.53. The van der Waals surface area contributed by atoms with E-state index < -0.39 is 18.0 Å². The number of esters is 1. The van der Waals surface area contributed by atoms with Crippen LogP contribution in [-0.2, 0) is 14.3 Å². The topological polar surface area (TPSA) is 81.4 Å². The van der Waals surface area contributed by atoms with E-state index in [4.69, 9.17) is 10.5 Å². The minimum absolute atomic E-state index is 0.358. The minimum Gasteiger partial charge on any atom is -0.430 e. The highest BCUT2D eigenvalue weighted by atomic mass is 16.6. The second-order valence-electron chi connectivity index (χ2n) is 2.53. The highest BCUT2D eigenvalue weighted by Crippen LogP contribution is 2.03. The van der Waals surface area contributed by atoms with Crippen LogP contribution in [0.25, 0.3) is 0 Å². The molecule has 0 aromatic carbocycles. The van der Waals surface area contributed by atoms with Crippen LogP contribution in [0.3, 0.4) is 0 Å². The number of ketones is 1. The Morgan fingerprint density at radius 3 is 2.85 bits per heavy atom. The van der Waals surface area contributed by atoms with Gasteiger partial charge in [0.1, 0.15) is 0 Å². The standard InChI is InChI=1S/C8H10N2O3/c1-5(11)8(12)13-7-6(9)3-2-4-10-7/h2-4,7,10H,9H2,1H3. The summed E-state index contributed by atoms with van der Waals surface area (Å²) in [6, 6.07) is 0. The molecular weight excluding hydrogens is 172 g/mol. The van der Waals surface area contributed by atoms with Crippen LogP contribution in [0.15, 0.2) is 24.0 Å². The molecule has 5 nitrogen and oxygen atoms in total. The molecule has 1 heterocycles. The first-order chi connectivity index (χ1) is 6.11. The van der Waals surface area contributed by atoms with Gasteiger partial charge in [-0.05, 0) is 18.4 Å². The van der Waals surface area contributed by atoms with Gasteiger partial charge in [-0.25, -0.2) is 4.79 Å². The Labute approximate surface area is 75.2 Å². The largest absolute Gasteiger partial charge is 0.430 e. The average Bonchev–Trinajstić information content (AvgIpc) is 2.08. The summed E-state index contributed by atoms with van der Waals surface area (Å²) >= 11 is 0. The molecular formula is C8H10N2O3. The van der Waals surface area contributed by atoms with E-state index in [-0.39, 0.29) is 0 Å².